The number of hydrogen-bond acceptors (Lipinski definition) is 4. The Kier molecular flexibility index (Phi) is 3.16. The molecule has 0 saturated carbocycles. The summed E-state index contributed by atoms with van der Waals surface area (Å²) in [4.78, 5) is 16.5. The number of para-hydroxylation sites is 1. The van der Waals surface area contributed by atoms with Crippen molar-refractivity contribution in [3.05, 3.63) is 60.3 Å². The SMILES string of the molecule is O=C(Nc1cccc2cccnc12)c1cc(O)cc(O)c1. The van der Waals surface area contributed by atoms with Gasteiger partial charge in [0.25, 0.3) is 5.91 Å². The number of fused-ring (bicyclic) bond motifs is 1. The lowest BCUT2D eigenvalue weighted by molar-refractivity contribution is 0.102. The minimum atomic E-state index is -0.431. The number of phenols is 2. The Morgan fingerprint density at radius 1 is 1.00 bits per heavy atom. The third-order valence-corrected chi connectivity index (χ3v) is 3.05. The van der Waals surface area contributed by atoms with Crippen molar-refractivity contribution in [3.8, 4) is 11.5 Å². The van der Waals surface area contributed by atoms with Crippen LogP contribution in [-0.2, 0) is 0 Å². The quantitative estimate of drug-likeness (QED) is 0.674. The van der Waals surface area contributed by atoms with Crippen LogP contribution >= 0.6 is 0 Å². The van der Waals surface area contributed by atoms with E-state index in [0.29, 0.717) is 11.2 Å². The Morgan fingerprint density at radius 2 is 1.71 bits per heavy atom. The van der Waals surface area contributed by atoms with Crippen LogP contribution in [0, 0.1) is 0 Å². The van der Waals surface area contributed by atoms with Gasteiger partial charge in [0.1, 0.15) is 11.5 Å². The van der Waals surface area contributed by atoms with Crippen LogP contribution in [0.1, 0.15) is 10.4 Å². The Morgan fingerprint density at radius 3 is 2.48 bits per heavy atom. The Labute approximate surface area is 120 Å². The van der Waals surface area contributed by atoms with Gasteiger partial charge in [-0.1, -0.05) is 18.2 Å². The topological polar surface area (TPSA) is 82.5 Å². The number of anilines is 1. The van der Waals surface area contributed by atoms with Crippen LogP contribution in [0.5, 0.6) is 11.5 Å². The van der Waals surface area contributed by atoms with E-state index >= 15 is 0 Å². The number of carbonyl (C=O) groups excluding carboxylic acids is 1. The molecule has 3 rings (SSSR count). The highest BCUT2D eigenvalue weighted by Gasteiger charge is 2.11. The fourth-order valence-corrected chi connectivity index (χ4v) is 2.13. The summed E-state index contributed by atoms with van der Waals surface area (Å²) in [6, 6.07) is 12.9. The first-order chi connectivity index (χ1) is 10.1. The Balaban J connectivity index is 1.96. The minimum Gasteiger partial charge on any atom is -0.508 e. The number of rotatable bonds is 2. The van der Waals surface area contributed by atoms with Gasteiger partial charge in [-0.2, -0.15) is 0 Å². The van der Waals surface area contributed by atoms with Crippen LogP contribution < -0.4 is 5.32 Å². The molecular weight excluding hydrogens is 268 g/mol. The van der Waals surface area contributed by atoms with Gasteiger partial charge in [-0.05, 0) is 24.3 Å². The van der Waals surface area contributed by atoms with Crippen molar-refractivity contribution in [1.29, 1.82) is 0 Å². The molecule has 1 heterocycles. The van der Waals surface area contributed by atoms with Crippen molar-refractivity contribution in [3.63, 3.8) is 0 Å². The first-order valence-corrected chi connectivity index (χ1v) is 6.31. The normalized spacial score (nSPS) is 10.5. The molecule has 0 aliphatic carbocycles. The highest BCUT2D eigenvalue weighted by molar-refractivity contribution is 6.08. The number of carbonyl (C=O) groups is 1. The van der Waals surface area contributed by atoms with Gasteiger partial charge < -0.3 is 15.5 Å². The maximum atomic E-state index is 12.2. The third kappa shape index (κ3) is 2.62. The number of nitrogens with zero attached hydrogens (tertiary/aromatic N) is 1. The summed E-state index contributed by atoms with van der Waals surface area (Å²) in [5.74, 6) is -0.772. The maximum absolute atomic E-state index is 12.2. The van der Waals surface area contributed by atoms with E-state index in [9.17, 15) is 15.0 Å². The molecule has 3 aromatic rings. The van der Waals surface area contributed by atoms with Crippen molar-refractivity contribution >= 4 is 22.5 Å². The lowest BCUT2D eigenvalue weighted by Crippen LogP contribution is -2.12. The first-order valence-electron chi connectivity index (χ1n) is 6.31. The average molecular weight is 280 g/mol. The summed E-state index contributed by atoms with van der Waals surface area (Å²) in [5.41, 5.74) is 1.42. The molecule has 1 aromatic heterocycles. The van der Waals surface area contributed by atoms with Crippen LogP contribution in [0.2, 0.25) is 0 Å². The molecule has 2 aromatic carbocycles. The van der Waals surface area contributed by atoms with Crippen molar-refractivity contribution in [2.24, 2.45) is 0 Å². The minimum absolute atomic E-state index is 0.167. The van der Waals surface area contributed by atoms with E-state index in [2.05, 4.69) is 10.3 Å². The molecule has 0 spiro atoms. The number of aromatic hydroxyl groups is 2. The second-order valence-corrected chi connectivity index (χ2v) is 4.57. The molecule has 5 nitrogen and oxygen atoms in total. The number of pyridine rings is 1. The van der Waals surface area contributed by atoms with E-state index in [-0.39, 0.29) is 17.1 Å². The number of benzene rings is 2. The molecule has 0 radical (unpaired) electrons. The molecule has 5 heteroatoms. The van der Waals surface area contributed by atoms with E-state index < -0.39 is 5.91 Å². The standard InChI is InChI=1S/C16H12N2O3/c19-12-7-11(8-13(20)9-12)16(21)18-14-5-1-3-10-4-2-6-17-15(10)14/h1-9,19-20H,(H,18,21). The van der Waals surface area contributed by atoms with Crippen LogP contribution in [0.25, 0.3) is 10.9 Å². The van der Waals surface area contributed by atoms with Gasteiger partial charge in [0.15, 0.2) is 0 Å². The van der Waals surface area contributed by atoms with Gasteiger partial charge in [0, 0.05) is 23.2 Å². The molecule has 0 unspecified atom stereocenters. The summed E-state index contributed by atoms with van der Waals surface area (Å²) >= 11 is 0. The molecule has 0 bridgehead atoms. The summed E-state index contributed by atoms with van der Waals surface area (Å²) in [5, 5.41) is 22.5. The van der Waals surface area contributed by atoms with Gasteiger partial charge in [0.05, 0.1) is 11.2 Å². The van der Waals surface area contributed by atoms with Crippen molar-refractivity contribution in [2.45, 2.75) is 0 Å². The lowest BCUT2D eigenvalue weighted by Gasteiger charge is -2.08. The van der Waals surface area contributed by atoms with Gasteiger partial charge in [-0.25, -0.2) is 0 Å². The van der Waals surface area contributed by atoms with Crippen molar-refractivity contribution < 1.29 is 15.0 Å². The average Bonchev–Trinajstić information content (AvgIpc) is 2.46. The van der Waals surface area contributed by atoms with Gasteiger partial charge in [-0.15, -0.1) is 0 Å². The van der Waals surface area contributed by atoms with Crippen molar-refractivity contribution in [2.75, 3.05) is 5.32 Å². The second kappa shape index (κ2) is 5.13. The van der Waals surface area contributed by atoms with Crippen LogP contribution in [0.4, 0.5) is 5.69 Å². The molecule has 0 aliphatic heterocycles. The largest absolute Gasteiger partial charge is 0.508 e. The van der Waals surface area contributed by atoms with E-state index in [1.54, 1.807) is 12.3 Å². The maximum Gasteiger partial charge on any atom is 0.255 e. The monoisotopic (exact) mass is 280 g/mol. The van der Waals surface area contributed by atoms with E-state index in [4.69, 9.17) is 0 Å². The van der Waals surface area contributed by atoms with Gasteiger partial charge in [0.2, 0.25) is 0 Å². The highest BCUT2D eigenvalue weighted by Crippen LogP contribution is 2.24. The van der Waals surface area contributed by atoms with E-state index in [1.807, 2.05) is 24.3 Å². The number of nitrogens with one attached hydrogen (secondary N) is 1. The van der Waals surface area contributed by atoms with E-state index in [1.165, 1.54) is 12.1 Å². The van der Waals surface area contributed by atoms with E-state index in [0.717, 1.165) is 11.5 Å². The fraction of sp³-hybridized carbons (Fsp3) is 0. The fourth-order valence-electron chi connectivity index (χ4n) is 2.13. The number of aromatic nitrogens is 1. The molecule has 104 valence electrons. The zero-order valence-corrected chi connectivity index (χ0v) is 10.9. The predicted molar refractivity (Wildman–Crippen MR) is 79.5 cm³/mol. The molecular formula is C16H12N2O3. The summed E-state index contributed by atoms with van der Waals surface area (Å²) in [6.45, 7) is 0. The summed E-state index contributed by atoms with van der Waals surface area (Å²) in [6.07, 6.45) is 1.65. The first kappa shape index (κ1) is 12.9. The smallest absolute Gasteiger partial charge is 0.255 e. The molecule has 0 saturated heterocycles. The van der Waals surface area contributed by atoms with Crippen LogP contribution in [0.15, 0.2) is 54.7 Å². The Hall–Kier alpha value is -3.08. The summed E-state index contributed by atoms with van der Waals surface area (Å²) in [7, 11) is 0. The lowest BCUT2D eigenvalue weighted by atomic mass is 10.1. The zero-order valence-electron chi connectivity index (χ0n) is 10.9. The number of amides is 1. The number of phenolic OH excluding ortho intramolecular Hbond substituents is 2. The zero-order chi connectivity index (χ0) is 14.8. The molecule has 0 fully saturated rings. The molecule has 21 heavy (non-hydrogen) atoms. The number of hydrogen-bond donors (Lipinski definition) is 3. The van der Waals surface area contributed by atoms with Gasteiger partial charge in [-0.3, -0.25) is 9.78 Å². The van der Waals surface area contributed by atoms with Crippen LogP contribution in [-0.4, -0.2) is 21.1 Å². The van der Waals surface area contributed by atoms with Gasteiger partial charge >= 0.3 is 0 Å². The highest BCUT2D eigenvalue weighted by atomic mass is 16.3. The molecule has 1 amide bonds. The second-order valence-electron chi connectivity index (χ2n) is 4.57. The third-order valence-electron chi connectivity index (χ3n) is 3.05. The molecule has 0 aliphatic rings. The van der Waals surface area contributed by atoms with Crippen molar-refractivity contribution in [1.82, 2.24) is 4.98 Å². The predicted octanol–water partition coefficient (Wildman–Crippen LogP) is 2.90. The molecule has 0 atom stereocenters. The summed E-state index contributed by atoms with van der Waals surface area (Å²) < 4.78 is 0. The Bertz CT molecular complexity index is 805. The van der Waals surface area contributed by atoms with Crippen LogP contribution in [0.3, 0.4) is 0 Å². The molecule has 3 N–H and O–H groups in total.